The molecule has 2 aliphatic rings. The van der Waals surface area contributed by atoms with Gasteiger partial charge in [-0.25, -0.2) is 0 Å². The fourth-order valence-electron chi connectivity index (χ4n) is 2.89. The Morgan fingerprint density at radius 3 is 2.18 bits per heavy atom. The van der Waals surface area contributed by atoms with Crippen LogP contribution >= 0.6 is 0 Å². The zero-order chi connectivity index (χ0) is 7.68. The summed E-state index contributed by atoms with van der Waals surface area (Å²) in [6, 6.07) is 0. The number of carbonyl (C=O) groups excluding carboxylic acids is 1. The topological polar surface area (TPSA) is 17.1 Å². The highest BCUT2D eigenvalue weighted by molar-refractivity contribution is 5.53. The Kier molecular flexibility index (Phi) is 1.97. The number of fused-ring (bicyclic) bond motifs is 2. The molecule has 2 rings (SSSR count). The number of rotatable bonds is 1. The van der Waals surface area contributed by atoms with Gasteiger partial charge in [-0.3, -0.25) is 0 Å². The van der Waals surface area contributed by atoms with Crippen molar-refractivity contribution in [1.29, 1.82) is 0 Å². The van der Waals surface area contributed by atoms with E-state index in [2.05, 4.69) is 0 Å². The molecule has 2 saturated carbocycles. The quantitative estimate of drug-likeness (QED) is 0.527. The van der Waals surface area contributed by atoms with E-state index < -0.39 is 0 Å². The summed E-state index contributed by atoms with van der Waals surface area (Å²) in [5.41, 5.74) is 0. The lowest BCUT2D eigenvalue weighted by Gasteiger charge is -2.36. The largest absolute Gasteiger partial charge is 0.303 e. The number of hydrogen-bond acceptors (Lipinski definition) is 1. The lowest BCUT2D eigenvalue weighted by Crippen LogP contribution is -2.27. The minimum absolute atomic E-state index is 0.416. The second-order valence-electron chi connectivity index (χ2n) is 4.27. The maximum absolute atomic E-state index is 10.6. The monoisotopic (exact) mass is 152 g/mol. The minimum Gasteiger partial charge on any atom is -0.303 e. The van der Waals surface area contributed by atoms with Gasteiger partial charge in [0.2, 0.25) is 0 Å². The molecule has 1 heteroatoms. The predicted molar refractivity (Wildman–Crippen MR) is 44.2 cm³/mol. The molecule has 62 valence electrons. The molecule has 1 nitrogen and oxygen atoms in total. The normalized spacial score (nSPS) is 43.5. The van der Waals surface area contributed by atoms with E-state index in [0.29, 0.717) is 5.92 Å². The van der Waals surface area contributed by atoms with Crippen molar-refractivity contribution in [2.24, 2.45) is 17.8 Å². The van der Waals surface area contributed by atoms with Gasteiger partial charge in [-0.1, -0.05) is 19.3 Å². The van der Waals surface area contributed by atoms with Gasteiger partial charge in [0.1, 0.15) is 6.29 Å². The molecule has 2 unspecified atom stereocenters. The maximum Gasteiger partial charge on any atom is 0.123 e. The summed E-state index contributed by atoms with van der Waals surface area (Å²) in [5, 5.41) is 0. The number of hydrogen-bond donors (Lipinski definition) is 0. The molecule has 0 radical (unpaired) electrons. The van der Waals surface area contributed by atoms with Gasteiger partial charge in [-0.05, 0) is 31.1 Å². The summed E-state index contributed by atoms with van der Waals surface area (Å²) < 4.78 is 0. The lowest BCUT2D eigenvalue weighted by atomic mass is 9.68. The molecule has 0 heterocycles. The first kappa shape index (κ1) is 7.33. The van der Waals surface area contributed by atoms with Crippen molar-refractivity contribution in [2.45, 2.75) is 38.5 Å². The minimum atomic E-state index is 0.416. The van der Waals surface area contributed by atoms with Gasteiger partial charge in [-0.2, -0.15) is 0 Å². The van der Waals surface area contributed by atoms with Crippen LogP contribution in [-0.4, -0.2) is 6.29 Å². The Morgan fingerprint density at radius 1 is 1.00 bits per heavy atom. The molecular formula is C10H16O. The molecule has 0 aromatic heterocycles. The second kappa shape index (κ2) is 2.96. The van der Waals surface area contributed by atoms with Crippen LogP contribution in [0, 0.1) is 17.8 Å². The fraction of sp³-hybridized carbons (Fsp3) is 0.900. The van der Waals surface area contributed by atoms with E-state index in [-0.39, 0.29) is 0 Å². The first-order valence-electron chi connectivity index (χ1n) is 4.84. The Balaban J connectivity index is 1.99. The molecule has 0 amide bonds. The molecule has 0 aromatic rings. The van der Waals surface area contributed by atoms with Crippen LogP contribution in [0.1, 0.15) is 38.5 Å². The molecule has 2 atom stereocenters. The van der Waals surface area contributed by atoms with E-state index in [1.54, 1.807) is 0 Å². The molecule has 0 aromatic carbocycles. The van der Waals surface area contributed by atoms with Crippen molar-refractivity contribution >= 4 is 6.29 Å². The van der Waals surface area contributed by atoms with Gasteiger partial charge < -0.3 is 4.79 Å². The maximum atomic E-state index is 10.6. The van der Waals surface area contributed by atoms with Gasteiger partial charge in [0.15, 0.2) is 0 Å². The number of aldehydes is 1. The van der Waals surface area contributed by atoms with Gasteiger partial charge in [0, 0.05) is 5.92 Å². The highest BCUT2D eigenvalue weighted by atomic mass is 16.1. The standard InChI is InChI=1S/C10H16O/c11-7-10-5-8-2-1-3-9(4-8)6-10/h7-10H,1-6H2. The third-order valence-electron chi connectivity index (χ3n) is 3.36. The van der Waals surface area contributed by atoms with Gasteiger partial charge >= 0.3 is 0 Å². The second-order valence-corrected chi connectivity index (χ2v) is 4.27. The Hall–Kier alpha value is -0.330. The van der Waals surface area contributed by atoms with Crippen molar-refractivity contribution < 1.29 is 4.79 Å². The summed E-state index contributed by atoms with van der Waals surface area (Å²) in [6.45, 7) is 0. The molecule has 2 fully saturated rings. The van der Waals surface area contributed by atoms with Crippen molar-refractivity contribution in [1.82, 2.24) is 0 Å². The predicted octanol–water partition coefficient (Wildman–Crippen LogP) is 2.40. The molecular weight excluding hydrogens is 136 g/mol. The highest BCUT2D eigenvalue weighted by Gasteiger charge is 2.31. The van der Waals surface area contributed by atoms with Crippen molar-refractivity contribution in [3.05, 3.63) is 0 Å². The zero-order valence-electron chi connectivity index (χ0n) is 6.96. The summed E-state index contributed by atoms with van der Waals surface area (Å²) in [5.74, 6) is 2.22. The zero-order valence-corrected chi connectivity index (χ0v) is 6.96. The van der Waals surface area contributed by atoms with E-state index in [1.807, 2.05) is 0 Å². The summed E-state index contributed by atoms with van der Waals surface area (Å²) >= 11 is 0. The van der Waals surface area contributed by atoms with Crippen molar-refractivity contribution in [2.75, 3.05) is 0 Å². The molecule has 0 spiro atoms. The van der Waals surface area contributed by atoms with E-state index in [9.17, 15) is 4.79 Å². The third kappa shape index (κ3) is 1.47. The van der Waals surface area contributed by atoms with E-state index in [0.717, 1.165) is 11.8 Å². The Morgan fingerprint density at radius 2 is 1.64 bits per heavy atom. The van der Waals surface area contributed by atoms with Crippen molar-refractivity contribution in [3.8, 4) is 0 Å². The average molecular weight is 152 g/mol. The SMILES string of the molecule is O=CC1CC2CCCC(C1)C2. The van der Waals surface area contributed by atoms with E-state index in [1.165, 1.54) is 44.8 Å². The van der Waals surface area contributed by atoms with Crippen LogP contribution in [0.5, 0.6) is 0 Å². The fourth-order valence-corrected chi connectivity index (χ4v) is 2.89. The Bertz CT molecular complexity index is 141. The highest BCUT2D eigenvalue weighted by Crippen LogP contribution is 2.41. The van der Waals surface area contributed by atoms with Gasteiger partial charge in [-0.15, -0.1) is 0 Å². The van der Waals surface area contributed by atoms with Crippen LogP contribution in [0.2, 0.25) is 0 Å². The molecule has 0 saturated heterocycles. The summed E-state index contributed by atoms with van der Waals surface area (Å²) in [4.78, 5) is 10.6. The van der Waals surface area contributed by atoms with Crippen LogP contribution in [0.4, 0.5) is 0 Å². The smallest absolute Gasteiger partial charge is 0.123 e. The van der Waals surface area contributed by atoms with Crippen LogP contribution in [-0.2, 0) is 4.79 Å². The van der Waals surface area contributed by atoms with E-state index in [4.69, 9.17) is 0 Å². The number of carbonyl (C=O) groups is 1. The molecule has 0 aliphatic heterocycles. The molecule has 0 N–H and O–H groups in total. The first-order valence-corrected chi connectivity index (χ1v) is 4.84. The summed E-state index contributed by atoms with van der Waals surface area (Å²) in [6.07, 6.45) is 9.19. The van der Waals surface area contributed by atoms with Gasteiger partial charge in [0.05, 0.1) is 0 Å². The Labute approximate surface area is 68.2 Å². The van der Waals surface area contributed by atoms with E-state index >= 15 is 0 Å². The first-order chi connectivity index (χ1) is 5.38. The van der Waals surface area contributed by atoms with Crippen LogP contribution in [0.15, 0.2) is 0 Å². The van der Waals surface area contributed by atoms with Crippen molar-refractivity contribution in [3.63, 3.8) is 0 Å². The van der Waals surface area contributed by atoms with Gasteiger partial charge in [0.25, 0.3) is 0 Å². The molecule has 2 bridgehead atoms. The van der Waals surface area contributed by atoms with Crippen LogP contribution < -0.4 is 0 Å². The van der Waals surface area contributed by atoms with Crippen LogP contribution in [0.3, 0.4) is 0 Å². The third-order valence-corrected chi connectivity index (χ3v) is 3.36. The lowest BCUT2D eigenvalue weighted by molar-refractivity contribution is -0.113. The molecule has 11 heavy (non-hydrogen) atoms. The van der Waals surface area contributed by atoms with Crippen LogP contribution in [0.25, 0.3) is 0 Å². The molecule has 2 aliphatic carbocycles. The summed E-state index contributed by atoms with van der Waals surface area (Å²) in [7, 11) is 0. The average Bonchev–Trinajstić information content (AvgIpc) is 2.03.